The van der Waals surface area contributed by atoms with Crippen LogP contribution in [0, 0.1) is 0 Å². The normalized spacial score (nSPS) is 35.6. The maximum atomic E-state index is 14.4. The van der Waals surface area contributed by atoms with Crippen LogP contribution in [0.4, 0.5) is 4.39 Å². The van der Waals surface area contributed by atoms with Gasteiger partial charge in [0.1, 0.15) is 6.10 Å². The monoisotopic (exact) mass is 247 g/mol. The van der Waals surface area contributed by atoms with E-state index in [0.717, 1.165) is 12.3 Å². The van der Waals surface area contributed by atoms with Crippen molar-refractivity contribution < 1.29 is 20.7 Å². The highest BCUT2D eigenvalue weighted by Gasteiger charge is 2.48. The number of hydrogen-bond acceptors (Lipinski definition) is 5. The second-order valence-corrected chi connectivity index (χ2v) is 3.67. The molecule has 1 saturated heterocycles. The van der Waals surface area contributed by atoms with Crippen LogP contribution in [-0.2, 0) is 10.7 Å². The summed E-state index contributed by atoms with van der Waals surface area (Å²) in [6.07, 6.45) is -2.64. The minimum Gasteiger partial charge on any atom is -0.394 e. The topological polar surface area (TPSA) is 105 Å². The fraction of sp³-hybridized carbons (Fsp3) is 0.556. The highest BCUT2D eigenvalue weighted by molar-refractivity contribution is 4.91. The molecule has 2 rings (SSSR count). The molecule has 1 aromatic heterocycles. The lowest BCUT2D eigenvalue weighted by Crippen LogP contribution is -2.41. The smallest absolute Gasteiger partial charge is 0.332 e. The third kappa shape index (κ3) is 2.02. The maximum Gasteiger partial charge on any atom is 0.332 e. The Labute approximate surface area is 95.5 Å². The van der Waals surface area contributed by atoms with Crippen molar-refractivity contribution in [2.75, 3.05) is 6.58 Å². The summed E-state index contributed by atoms with van der Waals surface area (Å²) in [5.74, 6) is -2.70. The number of alkyl halides is 1. The molecule has 0 bridgehead atoms. The lowest BCUT2D eigenvalue weighted by atomic mass is 10.2. The second kappa shape index (κ2) is 4.06. The molecule has 1 unspecified atom stereocenters. The number of halogens is 1. The maximum absolute atomic E-state index is 14.4. The molecule has 3 N–H and O–H groups in total. The van der Waals surface area contributed by atoms with E-state index in [1.54, 1.807) is 0 Å². The number of nitrogens with one attached hydrogen (secondary N) is 1. The molecule has 0 saturated carbocycles. The number of aromatic nitrogens is 2. The van der Waals surface area contributed by atoms with Crippen LogP contribution < -0.4 is 11.2 Å². The van der Waals surface area contributed by atoms with Crippen LogP contribution in [0.5, 0.6) is 0 Å². The van der Waals surface area contributed by atoms with Gasteiger partial charge in [-0.3, -0.25) is 9.78 Å². The molecule has 1 aromatic rings. The SMILES string of the molecule is [2H]C(O)[C@H]1O[C@@](F)(n2ccc(=O)[nH]c2=O)C[C@@H]1O. The molecule has 0 radical (unpaired) electrons. The van der Waals surface area contributed by atoms with Crippen LogP contribution in [0.1, 0.15) is 7.79 Å². The first-order valence-corrected chi connectivity index (χ1v) is 4.81. The highest BCUT2D eigenvalue weighted by Crippen LogP contribution is 2.35. The molecule has 0 amide bonds. The van der Waals surface area contributed by atoms with E-state index in [4.69, 9.17) is 11.2 Å². The van der Waals surface area contributed by atoms with Gasteiger partial charge in [-0.25, -0.2) is 9.36 Å². The van der Waals surface area contributed by atoms with Gasteiger partial charge in [-0.1, -0.05) is 0 Å². The Hall–Kier alpha value is -1.51. The lowest BCUT2D eigenvalue weighted by molar-refractivity contribution is -0.205. The van der Waals surface area contributed by atoms with Crippen molar-refractivity contribution in [3.05, 3.63) is 33.1 Å². The summed E-state index contributed by atoms with van der Waals surface area (Å²) < 4.78 is 26.5. The van der Waals surface area contributed by atoms with Gasteiger partial charge >= 0.3 is 5.69 Å². The Morgan fingerprint density at radius 3 is 3.00 bits per heavy atom. The molecule has 17 heavy (non-hydrogen) atoms. The molecule has 2 heterocycles. The van der Waals surface area contributed by atoms with E-state index in [9.17, 15) is 19.1 Å². The van der Waals surface area contributed by atoms with Crippen molar-refractivity contribution in [3.63, 3.8) is 0 Å². The van der Waals surface area contributed by atoms with Gasteiger partial charge in [0.05, 0.1) is 20.5 Å². The van der Waals surface area contributed by atoms with Crippen molar-refractivity contribution in [1.82, 2.24) is 9.55 Å². The van der Waals surface area contributed by atoms with Crippen molar-refractivity contribution in [1.29, 1.82) is 0 Å². The molecular weight excluding hydrogens is 235 g/mol. The van der Waals surface area contributed by atoms with E-state index in [1.165, 1.54) is 0 Å². The number of nitrogens with zero attached hydrogens (tertiary/aromatic N) is 1. The summed E-state index contributed by atoms with van der Waals surface area (Å²) in [7, 11) is 0. The molecule has 1 aliphatic rings. The summed E-state index contributed by atoms with van der Waals surface area (Å²) in [4.78, 5) is 24.1. The minimum absolute atomic E-state index is 0.458. The van der Waals surface area contributed by atoms with E-state index in [2.05, 4.69) is 0 Å². The van der Waals surface area contributed by atoms with Gasteiger partial charge in [-0.2, -0.15) is 4.39 Å². The fourth-order valence-electron chi connectivity index (χ4n) is 1.67. The van der Waals surface area contributed by atoms with E-state index < -0.39 is 42.4 Å². The Morgan fingerprint density at radius 2 is 2.47 bits per heavy atom. The molecule has 7 nitrogen and oxygen atoms in total. The molecule has 1 aliphatic heterocycles. The summed E-state index contributed by atoms with van der Waals surface area (Å²) >= 11 is 0. The predicted molar refractivity (Wildman–Crippen MR) is 53.0 cm³/mol. The van der Waals surface area contributed by atoms with Gasteiger partial charge in [0.25, 0.3) is 11.5 Å². The molecule has 4 atom stereocenters. The van der Waals surface area contributed by atoms with Gasteiger partial charge in [0.15, 0.2) is 0 Å². The number of H-pyrrole nitrogens is 1. The first kappa shape index (κ1) is 10.6. The van der Waals surface area contributed by atoms with E-state index in [-0.39, 0.29) is 0 Å². The Kier molecular flexibility index (Phi) is 2.54. The predicted octanol–water partition coefficient (Wildman–Crippen LogP) is -1.74. The van der Waals surface area contributed by atoms with Crippen molar-refractivity contribution in [2.24, 2.45) is 0 Å². The van der Waals surface area contributed by atoms with Gasteiger partial charge in [-0.15, -0.1) is 0 Å². The summed E-state index contributed by atoms with van der Waals surface area (Å²) in [6.45, 7) is -1.84. The third-order valence-electron chi connectivity index (χ3n) is 2.49. The zero-order valence-electron chi connectivity index (χ0n) is 9.54. The molecule has 1 fully saturated rings. The van der Waals surface area contributed by atoms with Gasteiger partial charge < -0.3 is 14.9 Å². The second-order valence-electron chi connectivity index (χ2n) is 3.67. The molecule has 0 spiro atoms. The molecule has 94 valence electrons. The number of aliphatic hydroxyl groups excluding tert-OH is 2. The standard InChI is InChI=1S/C9H11FN2O5/c10-9(3-5(14)6(4-13)17-9)12-2-1-7(15)11-8(12)16/h1-2,5-6,13-14H,3-4H2,(H,11,15,16)/t5-,6+,9-/m0/s1/i4D/t4?,5-,6+,9-. The number of aromatic amines is 1. The Bertz CT molecular complexity index is 558. The van der Waals surface area contributed by atoms with Crippen LogP contribution in [0.15, 0.2) is 21.9 Å². The molecule has 0 aromatic carbocycles. The summed E-state index contributed by atoms with van der Waals surface area (Å²) in [6, 6.07) is 0.920. The van der Waals surface area contributed by atoms with Gasteiger partial charge in [0, 0.05) is 12.3 Å². The summed E-state index contributed by atoms with van der Waals surface area (Å²) in [5.41, 5.74) is -1.74. The summed E-state index contributed by atoms with van der Waals surface area (Å²) in [5, 5.41) is 18.5. The quantitative estimate of drug-likeness (QED) is 0.575. The number of rotatable bonds is 2. The van der Waals surface area contributed by atoms with E-state index in [1.807, 2.05) is 4.98 Å². The highest BCUT2D eigenvalue weighted by atomic mass is 19.2. The van der Waals surface area contributed by atoms with Crippen molar-refractivity contribution in [3.8, 4) is 0 Å². The van der Waals surface area contributed by atoms with Crippen LogP contribution >= 0.6 is 0 Å². The fourth-order valence-corrected chi connectivity index (χ4v) is 1.67. The Morgan fingerprint density at radius 1 is 1.76 bits per heavy atom. The zero-order valence-corrected chi connectivity index (χ0v) is 8.54. The first-order valence-electron chi connectivity index (χ1n) is 5.39. The van der Waals surface area contributed by atoms with Gasteiger partial charge in [0.2, 0.25) is 0 Å². The first-order chi connectivity index (χ1) is 8.33. The molecule has 0 aliphatic carbocycles. The number of aliphatic hydroxyl groups is 2. The number of hydrogen-bond donors (Lipinski definition) is 3. The average Bonchev–Trinajstić information content (AvgIpc) is 2.54. The largest absolute Gasteiger partial charge is 0.394 e. The van der Waals surface area contributed by atoms with Crippen LogP contribution in [0.25, 0.3) is 0 Å². The van der Waals surface area contributed by atoms with Crippen LogP contribution in [0.2, 0.25) is 0 Å². The zero-order chi connectivity index (χ0) is 13.5. The molecular formula is C9H11FN2O5. The Balaban J connectivity index is 2.39. The molecule has 8 heteroatoms. The third-order valence-corrected chi connectivity index (χ3v) is 2.49. The van der Waals surface area contributed by atoms with Crippen LogP contribution in [0.3, 0.4) is 0 Å². The van der Waals surface area contributed by atoms with Crippen LogP contribution in [-0.4, -0.2) is 38.6 Å². The van der Waals surface area contributed by atoms with Gasteiger partial charge in [-0.05, 0) is 0 Å². The van der Waals surface area contributed by atoms with Crippen molar-refractivity contribution >= 4 is 0 Å². The van der Waals surface area contributed by atoms with E-state index in [0.29, 0.717) is 4.57 Å². The van der Waals surface area contributed by atoms with Crippen molar-refractivity contribution in [2.45, 2.75) is 24.6 Å². The average molecular weight is 247 g/mol. The number of ether oxygens (including phenoxy) is 1. The lowest BCUT2D eigenvalue weighted by Gasteiger charge is -2.21. The minimum atomic E-state index is -2.70. The van der Waals surface area contributed by atoms with E-state index >= 15 is 0 Å².